The van der Waals surface area contributed by atoms with Crippen molar-refractivity contribution in [1.29, 1.82) is 0 Å². The molecule has 2 rings (SSSR count). The smallest absolute Gasteiger partial charge is 0.129 e. The van der Waals surface area contributed by atoms with E-state index in [9.17, 15) is 5.11 Å². The standard InChI is InChI=1S/C14H17N3OS/c1-7-3-11(17)13(5-9(7)15)19-14-6-10(16)8(2)4-12(14)18/h3-6,18H,15-17H2,1-2H3. The minimum Gasteiger partial charge on any atom is -0.507 e. The lowest BCUT2D eigenvalue weighted by Gasteiger charge is -2.11. The quantitative estimate of drug-likeness (QED) is 0.499. The summed E-state index contributed by atoms with van der Waals surface area (Å²) < 4.78 is 0. The zero-order valence-corrected chi connectivity index (χ0v) is 11.7. The molecule has 100 valence electrons. The van der Waals surface area contributed by atoms with Gasteiger partial charge < -0.3 is 22.3 Å². The highest BCUT2D eigenvalue weighted by atomic mass is 32.2. The Balaban J connectivity index is 2.42. The monoisotopic (exact) mass is 275 g/mol. The van der Waals surface area contributed by atoms with Crippen LogP contribution < -0.4 is 17.2 Å². The molecular weight excluding hydrogens is 258 g/mol. The van der Waals surface area contributed by atoms with Crippen LogP contribution >= 0.6 is 11.8 Å². The number of rotatable bonds is 2. The van der Waals surface area contributed by atoms with Crippen molar-refractivity contribution >= 4 is 28.8 Å². The van der Waals surface area contributed by atoms with Crippen LogP contribution in [0, 0.1) is 13.8 Å². The van der Waals surface area contributed by atoms with Gasteiger partial charge in [-0.3, -0.25) is 0 Å². The van der Waals surface area contributed by atoms with Crippen molar-refractivity contribution in [2.45, 2.75) is 23.6 Å². The fourth-order valence-corrected chi connectivity index (χ4v) is 2.65. The molecule has 0 amide bonds. The van der Waals surface area contributed by atoms with Gasteiger partial charge in [-0.2, -0.15) is 0 Å². The topological polar surface area (TPSA) is 98.3 Å². The molecule has 19 heavy (non-hydrogen) atoms. The van der Waals surface area contributed by atoms with E-state index in [1.807, 2.05) is 26.0 Å². The van der Waals surface area contributed by atoms with Crippen LogP contribution in [0.25, 0.3) is 0 Å². The largest absolute Gasteiger partial charge is 0.507 e. The molecule has 0 heterocycles. The van der Waals surface area contributed by atoms with Crippen molar-refractivity contribution in [3.63, 3.8) is 0 Å². The molecule has 0 fully saturated rings. The Labute approximate surface area is 116 Å². The van der Waals surface area contributed by atoms with E-state index in [0.29, 0.717) is 22.0 Å². The number of phenolic OH excluding ortho intramolecular Hbond substituents is 1. The number of anilines is 3. The Hall–Kier alpha value is -2.01. The summed E-state index contributed by atoms with van der Waals surface area (Å²) >= 11 is 1.35. The van der Waals surface area contributed by atoms with Crippen molar-refractivity contribution in [1.82, 2.24) is 0 Å². The van der Waals surface area contributed by atoms with Gasteiger partial charge in [0, 0.05) is 22.0 Å². The summed E-state index contributed by atoms with van der Waals surface area (Å²) in [7, 11) is 0. The predicted octanol–water partition coefficient (Wildman–Crippen LogP) is 2.91. The minimum atomic E-state index is 0.190. The summed E-state index contributed by atoms with van der Waals surface area (Å²) in [5.74, 6) is 0.190. The number of nitrogens with two attached hydrogens (primary N) is 3. The first kappa shape index (κ1) is 13.4. The SMILES string of the molecule is Cc1cc(N)c(Sc2cc(N)c(C)cc2O)cc1N. The van der Waals surface area contributed by atoms with E-state index in [0.717, 1.165) is 16.0 Å². The summed E-state index contributed by atoms with van der Waals surface area (Å²) in [5, 5.41) is 9.94. The first-order chi connectivity index (χ1) is 8.88. The summed E-state index contributed by atoms with van der Waals surface area (Å²) in [6, 6.07) is 7.02. The second-order valence-electron chi connectivity index (χ2n) is 4.53. The van der Waals surface area contributed by atoms with Gasteiger partial charge in [0.15, 0.2) is 0 Å². The van der Waals surface area contributed by atoms with Gasteiger partial charge in [-0.05, 0) is 49.2 Å². The Kier molecular flexibility index (Phi) is 3.48. The maximum atomic E-state index is 9.94. The first-order valence-corrected chi connectivity index (χ1v) is 6.62. The van der Waals surface area contributed by atoms with Crippen LogP contribution in [0.5, 0.6) is 5.75 Å². The van der Waals surface area contributed by atoms with Crippen LogP contribution in [0.1, 0.15) is 11.1 Å². The number of phenols is 1. The lowest BCUT2D eigenvalue weighted by molar-refractivity contribution is 0.462. The number of benzene rings is 2. The van der Waals surface area contributed by atoms with E-state index >= 15 is 0 Å². The van der Waals surface area contributed by atoms with Gasteiger partial charge in [0.2, 0.25) is 0 Å². The summed E-state index contributed by atoms with van der Waals surface area (Å²) in [4.78, 5) is 1.47. The maximum absolute atomic E-state index is 9.94. The normalized spacial score (nSPS) is 10.6. The average molecular weight is 275 g/mol. The molecule has 0 unspecified atom stereocenters. The molecule has 7 N–H and O–H groups in total. The molecule has 5 heteroatoms. The Morgan fingerprint density at radius 1 is 0.789 bits per heavy atom. The van der Waals surface area contributed by atoms with Crippen LogP contribution in [-0.4, -0.2) is 5.11 Å². The Morgan fingerprint density at radius 2 is 1.32 bits per heavy atom. The fraction of sp³-hybridized carbons (Fsp3) is 0.143. The van der Waals surface area contributed by atoms with Crippen molar-refractivity contribution in [2.24, 2.45) is 0 Å². The third-order valence-corrected chi connectivity index (χ3v) is 4.09. The molecule has 0 radical (unpaired) electrons. The van der Waals surface area contributed by atoms with E-state index in [4.69, 9.17) is 17.2 Å². The zero-order valence-electron chi connectivity index (χ0n) is 10.9. The van der Waals surface area contributed by atoms with Gasteiger partial charge >= 0.3 is 0 Å². The fourth-order valence-electron chi connectivity index (χ4n) is 1.70. The molecule has 0 aliphatic carbocycles. The van der Waals surface area contributed by atoms with Crippen LogP contribution in [0.4, 0.5) is 17.1 Å². The third-order valence-electron chi connectivity index (χ3n) is 2.97. The second kappa shape index (κ2) is 4.93. The van der Waals surface area contributed by atoms with Crippen molar-refractivity contribution in [2.75, 3.05) is 17.2 Å². The zero-order chi connectivity index (χ0) is 14.2. The molecular formula is C14H17N3OS. The van der Waals surface area contributed by atoms with Crippen LogP contribution in [-0.2, 0) is 0 Å². The molecule has 0 aliphatic rings. The first-order valence-electron chi connectivity index (χ1n) is 5.81. The summed E-state index contributed by atoms with van der Waals surface area (Å²) in [5.41, 5.74) is 21.4. The summed E-state index contributed by atoms with van der Waals surface area (Å²) in [6.45, 7) is 3.75. The van der Waals surface area contributed by atoms with E-state index in [2.05, 4.69) is 0 Å². The van der Waals surface area contributed by atoms with Gasteiger partial charge in [0.1, 0.15) is 5.75 Å². The highest BCUT2D eigenvalue weighted by molar-refractivity contribution is 7.99. The van der Waals surface area contributed by atoms with Gasteiger partial charge in [-0.1, -0.05) is 11.8 Å². The van der Waals surface area contributed by atoms with Crippen LogP contribution in [0.15, 0.2) is 34.1 Å². The molecule has 0 aliphatic heterocycles. The summed E-state index contributed by atoms with van der Waals surface area (Å²) in [6.07, 6.45) is 0. The van der Waals surface area contributed by atoms with E-state index in [1.165, 1.54) is 11.8 Å². The van der Waals surface area contributed by atoms with Gasteiger partial charge in [0.05, 0.1) is 4.90 Å². The molecule has 0 spiro atoms. The van der Waals surface area contributed by atoms with Crippen LogP contribution in [0.3, 0.4) is 0 Å². The van der Waals surface area contributed by atoms with E-state index < -0.39 is 0 Å². The molecule has 4 nitrogen and oxygen atoms in total. The van der Waals surface area contributed by atoms with Gasteiger partial charge in [-0.25, -0.2) is 0 Å². The minimum absolute atomic E-state index is 0.190. The lowest BCUT2D eigenvalue weighted by Crippen LogP contribution is -1.95. The Bertz CT molecular complexity index is 586. The molecule has 0 atom stereocenters. The Morgan fingerprint density at radius 3 is 1.95 bits per heavy atom. The molecule has 2 aromatic carbocycles. The second-order valence-corrected chi connectivity index (χ2v) is 5.61. The van der Waals surface area contributed by atoms with Gasteiger partial charge in [-0.15, -0.1) is 0 Å². The highest BCUT2D eigenvalue weighted by Crippen LogP contribution is 2.40. The van der Waals surface area contributed by atoms with Gasteiger partial charge in [0.25, 0.3) is 0 Å². The van der Waals surface area contributed by atoms with E-state index in [-0.39, 0.29) is 5.75 Å². The number of nitrogen functional groups attached to an aromatic ring is 3. The number of aryl methyl sites for hydroxylation is 2. The van der Waals surface area contributed by atoms with Crippen molar-refractivity contribution in [3.05, 3.63) is 35.4 Å². The molecule has 0 bridgehead atoms. The number of hydrogen-bond acceptors (Lipinski definition) is 5. The molecule has 0 saturated carbocycles. The highest BCUT2D eigenvalue weighted by Gasteiger charge is 2.10. The van der Waals surface area contributed by atoms with E-state index in [1.54, 1.807) is 12.1 Å². The third kappa shape index (κ3) is 2.71. The molecule has 0 aromatic heterocycles. The maximum Gasteiger partial charge on any atom is 0.129 e. The molecule has 2 aromatic rings. The van der Waals surface area contributed by atoms with Crippen LogP contribution in [0.2, 0.25) is 0 Å². The number of aromatic hydroxyl groups is 1. The van der Waals surface area contributed by atoms with Crippen molar-refractivity contribution in [3.8, 4) is 5.75 Å². The number of hydrogen-bond donors (Lipinski definition) is 4. The van der Waals surface area contributed by atoms with Crippen molar-refractivity contribution < 1.29 is 5.11 Å². The average Bonchev–Trinajstić information content (AvgIpc) is 2.32. The lowest BCUT2D eigenvalue weighted by atomic mass is 10.2. The molecule has 0 saturated heterocycles. The predicted molar refractivity (Wildman–Crippen MR) is 81.4 cm³/mol.